The number of pyridine rings is 1. The van der Waals surface area contributed by atoms with Gasteiger partial charge in [0.2, 0.25) is 0 Å². The summed E-state index contributed by atoms with van der Waals surface area (Å²) in [7, 11) is 0. The molecule has 0 bridgehead atoms. The summed E-state index contributed by atoms with van der Waals surface area (Å²) in [5.74, 6) is 1.52. The Labute approximate surface area is 149 Å². The Bertz CT molecular complexity index is 983. The van der Waals surface area contributed by atoms with Crippen molar-refractivity contribution in [1.82, 2.24) is 15.0 Å². The van der Waals surface area contributed by atoms with Crippen molar-refractivity contribution in [2.24, 2.45) is 5.73 Å². The van der Waals surface area contributed by atoms with Gasteiger partial charge in [0.1, 0.15) is 5.82 Å². The van der Waals surface area contributed by atoms with Crippen LogP contribution in [0, 0.1) is 0 Å². The van der Waals surface area contributed by atoms with Gasteiger partial charge in [0.25, 0.3) is 0 Å². The van der Waals surface area contributed by atoms with Gasteiger partial charge in [-0.2, -0.15) is 0 Å². The summed E-state index contributed by atoms with van der Waals surface area (Å²) in [5.41, 5.74) is 8.72. The van der Waals surface area contributed by atoms with Crippen molar-refractivity contribution >= 4 is 27.4 Å². The van der Waals surface area contributed by atoms with Crippen molar-refractivity contribution < 1.29 is 0 Å². The molecule has 1 aromatic carbocycles. The number of nitrogens with zero attached hydrogens (tertiary/aromatic N) is 3. The van der Waals surface area contributed by atoms with Crippen molar-refractivity contribution in [3.8, 4) is 21.8 Å². The van der Waals surface area contributed by atoms with Crippen LogP contribution in [0.1, 0.15) is 0 Å². The van der Waals surface area contributed by atoms with Gasteiger partial charge in [-0.3, -0.25) is 4.98 Å². The summed E-state index contributed by atoms with van der Waals surface area (Å²) < 4.78 is 1.05. The molecule has 0 saturated carbocycles. The van der Waals surface area contributed by atoms with Crippen LogP contribution in [0.4, 0.5) is 5.82 Å². The fraction of sp³-hybridized carbons (Fsp3) is 0.105. The van der Waals surface area contributed by atoms with Crippen LogP contribution in [0.15, 0.2) is 60.9 Å². The highest BCUT2D eigenvalue weighted by Crippen LogP contribution is 2.37. The minimum absolute atomic E-state index is 0.549. The molecule has 6 heteroatoms. The molecular weight excluding hydrogens is 330 g/mol. The maximum Gasteiger partial charge on any atom is 0.162 e. The Hall–Kier alpha value is -2.83. The van der Waals surface area contributed by atoms with E-state index >= 15 is 0 Å². The Balaban J connectivity index is 1.87. The van der Waals surface area contributed by atoms with E-state index in [4.69, 9.17) is 15.7 Å². The van der Waals surface area contributed by atoms with Crippen molar-refractivity contribution in [2.75, 3.05) is 18.4 Å². The van der Waals surface area contributed by atoms with Crippen LogP contribution in [0.2, 0.25) is 0 Å². The minimum atomic E-state index is 0.549. The van der Waals surface area contributed by atoms with Gasteiger partial charge in [-0.1, -0.05) is 30.3 Å². The third kappa shape index (κ3) is 3.22. The second-order valence-corrected chi connectivity index (χ2v) is 6.59. The number of thiophene rings is 1. The molecule has 124 valence electrons. The molecular formula is C19H17N5S. The molecule has 0 atom stereocenters. The van der Waals surface area contributed by atoms with Gasteiger partial charge in [0.15, 0.2) is 5.82 Å². The van der Waals surface area contributed by atoms with Gasteiger partial charge in [0.05, 0.1) is 10.2 Å². The molecule has 5 nitrogen and oxygen atoms in total. The zero-order chi connectivity index (χ0) is 17.1. The molecule has 0 aliphatic heterocycles. The lowest BCUT2D eigenvalue weighted by atomic mass is 10.2. The SMILES string of the molecule is NCCNc1nc(-c2ccncc2)nc2cc(-c3ccccc3)sc12. The van der Waals surface area contributed by atoms with Gasteiger partial charge in [-0.05, 0) is 23.8 Å². The Morgan fingerprint density at radius 1 is 0.960 bits per heavy atom. The van der Waals surface area contributed by atoms with Gasteiger partial charge in [0, 0.05) is 35.9 Å². The first kappa shape index (κ1) is 15.7. The first-order valence-corrected chi connectivity index (χ1v) is 8.88. The largest absolute Gasteiger partial charge is 0.367 e. The molecule has 0 aliphatic rings. The number of benzene rings is 1. The van der Waals surface area contributed by atoms with E-state index in [1.165, 1.54) is 10.4 Å². The Kier molecular flexibility index (Phi) is 4.37. The lowest BCUT2D eigenvalue weighted by Gasteiger charge is -2.07. The highest BCUT2D eigenvalue weighted by atomic mass is 32.1. The quantitative estimate of drug-likeness (QED) is 0.574. The second kappa shape index (κ2) is 6.96. The Morgan fingerprint density at radius 2 is 1.76 bits per heavy atom. The monoisotopic (exact) mass is 347 g/mol. The zero-order valence-corrected chi connectivity index (χ0v) is 14.3. The molecule has 0 radical (unpaired) electrons. The van der Waals surface area contributed by atoms with E-state index in [1.807, 2.05) is 30.3 Å². The number of nitrogens with two attached hydrogens (primary N) is 1. The Morgan fingerprint density at radius 3 is 2.52 bits per heavy atom. The fourth-order valence-electron chi connectivity index (χ4n) is 2.62. The van der Waals surface area contributed by atoms with E-state index in [0.29, 0.717) is 18.9 Å². The molecule has 3 aromatic heterocycles. The van der Waals surface area contributed by atoms with Crippen molar-refractivity contribution in [1.29, 1.82) is 0 Å². The van der Waals surface area contributed by atoms with Crippen LogP contribution in [0.5, 0.6) is 0 Å². The molecule has 0 spiro atoms. The third-order valence-corrected chi connectivity index (χ3v) is 4.99. The lowest BCUT2D eigenvalue weighted by Crippen LogP contribution is -2.14. The van der Waals surface area contributed by atoms with Crippen molar-refractivity contribution in [2.45, 2.75) is 0 Å². The fourth-order valence-corrected chi connectivity index (χ4v) is 3.68. The number of hydrogen-bond donors (Lipinski definition) is 2. The molecule has 0 unspecified atom stereocenters. The standard InChI is InChI=1S/C19H17N5S/c20-8-11-22-19-17-15(12-16(25-17)13-4-2-1-3-5-13)23-18(24-19)14-6-9-21-10-7-14/h1-7,9-10,12H,8,11,20H2,(H,22,23,24). The number of rotatable bonds is 5. The maximum atomic E-state index is 5.66. The van der Waals surface area contributed by atoms with Crippen molar-refractivity contribution in [3.05, 3.63) is 60.9 Å². The van der Waals surface area contributed by atoms with E-state index in [0.717, 1.165) is 21.6 Å². The van der Waals surface area contributed by atoms with Crippen LogP contribution in [-0.2, 0) is 0 Å². The highest BCUT2D eigenvalue weighted by Gasteiger charge is 2.13. The first-order chi connectivity index (χ1) is 12.3. The summed E-state index contributed by atoms with van der Waals surface area (Å²) in [6, 6.07) is 16.3. The zero-order valence-electron chi connectivity index (χ0n) is 13.5. The van der Waals surface area contributed by atoms with Crippen LogP contribution in [0.25, 0.3) is 32.0 Å². The number of nitrogens with one attached hydrogen (secondary N) is 1. The van der Waals surface area contributed by atoms with Crippen LogP contribution in [0.3, 0.4) is 0 Å². The van der Waals surface area contributed by atoms with Gasteiger partial charge < -0.3 is 11.1 Å². The summed E-state index contributed by atoms with van der Waals surface area (Å²) in [4.78, 5) is 14.7. The lowest BCUT2D eigenvalue weighted by molar-refractivity contribution is 1.01. The van der Waals surface area contributed by atoms with E-state index < -0.39 is 0 Å². The summed E-state index contributed by atoms with van der Waals surface area (Å²) >= 11 is 1.69. The predicted octanol–water partition coefficient (Wildman–Crippen LogP) is 3.79. The average Bonchev–Trinajstić information content (AvgIpc) is 3.12. The predicted molar refractivity (Wildman–Crippen MR) is 104 cm³/mol. The van der Waals surface area contributed by atoms with E-state index in [-0.39, 0.29) is 0 Å². The van der Waals surface area contributed by atoms with E-state index in [1.54, 1.807) is 23.7 Å². The molecule has 0 amide bonds. The van der Waals surface area contributed by atoms with Crippen LogP contribution < -0.4 is 11.1 Å². The van der Waals surface area contributed by atoms with Crippen LogP contribution in [-0.4, -0.2) is 28.0 Å². The normalized spacial score (nSPS) is 10.9. The highest BCUT2D eigenvalue weighted by molar-refractivity contribution is 7.22. The first-order valence-electron chi connectivity index (χ1n) is 8.06. The third-order valence-electron chi connectivity index (χ3n) is 3.81. The van der Waals surface area contributed by atoms with Gasteiger partial charge in [-0.15, -0.1) is 11.3 Å². The molecule has 25 heavy (non-hydrogen) atoms. The number of fused-ring (bicyclic) bond motifs is 1. The molecule has 0 aliphatic carbocycles. The summed E-state index contributed by atoms with van der Waals surface area (Å²) in [5, 5.41) is 3.33. The molecule has 0 saturated heterocycles. The van der Waals surface area contributed by atoms with Gasteiger partial charge >= 0.3 is 0 Å². The van der Waals surface area contributed by atoms with Gasteiger partial charge in [-0.25, -0.2) is 9.97 Å². The topological polar surface area (TPSA) is 76.7 Å². The van der Waals surface area contributed by atoms with E-state index in [2.05, 4.69) is 28.5 Å². The molecule has 0 fully saturated rings. The summed E-state index contributed by atoms with van der Waals surface area (Å²) in [6.07, 6.45) is 3.50. The molecule has 4 rings (SSSR count). The number of hydrogen-bond acceptors (Lipinski definition) is 6. The van der Waals surface area contributed by atoms with Crippen molar-refractivity contribution in [3.63, 3.8) is 0 Å². The molecule has 3 heterocycles. The minimum Gasteiger partial charge on any atom is -0.367 e. The maximum absolute atomic E-state index is 5.66. The number of anilines is 1. The molecule has 4 aromatic rings. The average molecular weight is 347 g/mol. The second-order valence-electron chi connectivity index (χ2n) is 5.54. The summed E-state index contributed by atoms with van der Waals surface area (Å²) in [6.45, 7) is 1.22. The number of aromatic nitrogens is 3. The van der Waals surface area contributed by atoms with Crippen LogP contribution >= 0.6 is 11.3 Å². The smallest absolute Gasteiger partial charge is 0.162 e. The van der Waals surface area contributed by atoms with E-state index in [9.17, 15) is 0 Å². The molecule has 3 N–H and O–H groups in total.